The maximum atomic E-state index is 12.7. The van der Waals surface area contributed by atoms with Gasteiger partial charge in [0.1, 0.15) is 31.3 Å². The maximum Gasteiger partial charge on any atom is 0.410 e. The molecular weight excluding hydrogens is 394 g/mol. The standard InChI is InChI=1S/C24H27N3O4/c25-20-6-10-22(11-7-20)29-16-14-27(15-17-30-23-12-8-21(26)9-13-23)24(28)31-18-19-4-2-1-3-5-19/h1-13H,14-18,25-26H2. The summed E-state index contributed by atoms with van der Waals surface area (Å²) in [7, 11) is 0. The van der Waals surface area contributed by atoms with E-state index in [0.29, 0.717) is 49.2 Å². The van der Waals surface area contributed by atoms with E-state index in [1.54, 1.807) is 53.4 Å². The molecule has 0 heterocycles. The summed E-state index contributed by atoms with van der Waals surface area (Å²) >= 11 is 0. The van der Waals surface area contributed by atoms with Crippen molar-refractivity contribution in [3.8, 4) is 11.5 Å². The third-order valence-corrected chi connectivity index (χ3v) is 4.48. The monoisotopic (exact) mass is 421 g/mol. The molecule has 4 N–H and O–H groups in total. The van der Waals surface area contributed by atoms with E-state index < -0.39 is 6.09 Å². The predicted molar refractivity (Wildman–Crippen MR) is 121 cm³/mol. The van der Waals surface area contributed by atoms with Crippen molar-refractivity contribution in [2.75, 3.05) is 37.8 Å². The first-order valence-corrected chi connectivity index (χ1v) is 10.0. The van der Waals surface area contributed by atoms with Crippen LogP contribution < -0.4 is 20.9 Å². The Kier molecular flexibility index (Phi) is 7.99. The van der Waals surface area contributed by atoms with Gasteiger partial charge >= 0.3 is 6.09 Å². The Morgan fingerprint density at radius 3 is 1.68 bits per heavy atom. The van der Waals surface area contributed by atoms with Crippen LogP contribution in [0.5, 0.6) is 11.5 Å². The summed E-state index contributed by atoms with van der Waals surface area (Å²) < 4.78 is 16.9. The van der Waals surface area contributed by atoms with Gasteiger partial charge in [0, 0.05) is 11.4 Å². The molecule has 31 heavy (non-hydrogen) atoms. The fourth-order valence-electron chi connectivity index (χ4n) is 2.78. The number of amides is 1. The van der Waals surface area contributed by atoms with Crippen LogP contribution in [0.25, 0.3) is 0 Å². The Morgan fingerprint density at radius 1 is 0.710 bits per heavy atom. The quantitative estimate of drug-likeness (QED) is 0.481. The molecule has 3 rings (SSSR count). The number of carbonyl (C=O) groups is 1. The van der Waals surface area contributed by atoms with E-state index in [1.807, 2.05) is 30.3 Å². The second-order valence-electron chi connectivity index (χ2n) is 6.86. The Labute approximate surface area is 182 Å². The zero-order valence-corrected chi connectivity index (χ0v) is 17.3. The molecule has 1 amide bonds. The molecule has 0 bridgehead atoms. The summed E-state index contributed by atoms with van der Waals surface area (Å²) in [5, 5.41) is 0. The van der Waals surface area contributed by atoms with Crippen LogP contribution in [0.3, 0.4) is 0 Å². The number of carbonyl (C=O) groups excluding carboxylic acids is 1. The lowest BCUT2D eigenvalue weighted by Crippen LogP contribution is -2.38. The number of nitrogens with zero attached hydrogens (tertiary/aromatic N) is 1. The van der Waals surface area contributed by atoms with Gasteiger partial charge in [-0.3, -0.25) is 0 Å². The smallest absolute Gasteiger partial charge is 0.410 e. The van der Waals surface area contributed by atoms with E-state index in [2.05, 4.69) is 0 Å². The molecule has 7 nitrogen and oxygen atoms in total. The second-order valence-corrected chi connectivity index (χ2v) is 6.86. The zero-order chi connectivity index (χ0) is 21.9. The highest BCUT2D eigenvalue weighted by Crippen LogP contribution is 2.14. The van der Waals surface area contributed by atoms with Crippen molar-refractivity contribution < 1.29 is 19.0 Å². The topological polar surface area (TPSA) is 100 Å². The molecule has 0 radical (unpaired) electrons. The molecule has 0 spiro atoms. The summed E-state index contributed by atoms with van der Waals surface area (Å²) in [6, 6.07) is 23.8. The minimum Gasteiger partial charge on any atom is -0.492 e. The zero-order valence-electron chi connectivity index (χ0n) is 17.3. The van der Waals surface area contributed by atoms with Gasteiger partial charge in [-0.05, 0) is 54.1 Å². The molecule has 0 aromatic heterocycles. The molecule has 3 aromatic carbocycles. The summed E-state index contributed by atoms with van der Waals surface area (Å²) in [5.74, 6) is 1.37. The second kappa shape index (κ2) is 11.3. The SMILES string of the molecule is Nc1ccc(OCCN(CCOc2ccc(N)cc2)C(=O)OCc2ccccc2)cc1. The van der Waals surface area contributed by atoms with Gasteiger partial charge in [0.15, 0.2) is 0 Å². The van der Waals surface area contributed by atoms with E-state index in [1.165, 1.54) is 0 Å². The largest absolute Gasteiger partial charge is 0.492 e. The molecule has 0 saturated carbocycles. The highest BCUT2D eigenvalue weighted by atomic mass is 16.6. The minimum absolute atomic E-state index is 0.202. The van der Waals surface area contributed by atoms with E-state index in [-0.39, 0.29) is 6.61 Å². The Hall–Kier alpha value is -3.87. The van der Waals surface area contributed by atoms with E-state index in [0.717, 1.165) is 5.56 Å². The van der Waals surface area contributed by atoms with Gasteiger partial charge in [-0.2, -0.15) is 0 Å². The highest BCUT2D eigenvalue weighted by molar-refractivity contribution is 5.67. The molecule has 0 unspecified atom stereocenters. The predicted octanol–water partition coefficient (Wildman–Crippen LogP) is 3.95. The molecule has 0 aliphatic carbocycles. The van der Waals surface area contributed by atoms with Crippen molar-refractivity contribution >= 4 is 17.5 Å². The number of ether oxygens (including phenoxy) is 3. The van der Waals surface area contributed by atoms with Crippen LogP contribution in [0, 0.1) is 0 Å². The third kappa shape index (κ3) is 7.47. The van der Waals surface area contributed by atoms with Gasteiger partial charge in [0.25, 0.3) is 0 Å². The lowest BCUT2D eigenvalue weighted by Gasteiger charge is -2.22. The molecule has 7 heteroatoms. The van der Waals surface area contributed by atoms with Crippen LogP contribution in [0.2, 0.25) is 0 Å². The fraction of sp³-hybridized carbons (Fsp3) is 0.208. The summed E-state index contributed by atoms with van der Waals surface area (Å²) in [4.78, 5) is 14.2. The number of nitrogen functional groups attached to an aromatic ring is 2. The Bertz CT molecular complexity index is 880. The first-order chi connectivity index (χ1) is 15.1. The molecule has 0 fully saturated rings. The van der Waals surface area contributed by atoms with Gasteiger partial charge < -0.3 is 30.6 Å². The van der Waals surface area contributed by atoms with Crippen LogP contribution in [-0.2, 0) is 11.3 Å². The molecule has 0 aliphatic heterocycles. The average Bonchev–Trinajstić information content (AvgIpc) is 2.79. The Balaban J connectivity index is 1.52. The molecular formula is C24H27N3O4. The molecule has 0 atom stereocenters. The van der Waals surface area contributed by atoms with Crippen molar-refractivity contribution in [1.29, 1.82) is 0 Å². The molecule has 162 valence electrons. The summed E-state index contributed by atoms with van der Waals surface area (Å²) in [6.07, 6.45) is -0.425. The van der Waals surface area contributed by atoms with Gasteiger partial charge in [0.2, 0.25) is 0 Å². The van der Waals surface area contributed by atoms with E-state index in [4.69, 9.17) is 25.7 Å². The van der Waals surface area contributed by atoms with E-state index in [9.17, 15) is 4.79 Å². The lowest BCUT2D eigenvalue weighted by molar-refractivity contribution is 0.0844. The fourth-order valence-corrected chi connectivity index (χ4v) is 2.78. The number of nitrogens with two attached hydrogens (primary N) is 2. The highest BCUT2D eigenvalue weighted by Gasteiger charge is 2.15. The molecule has 0 aliphatic rings. The van der Waals surface area contributed by atoms with Crippen molar-refractivity contribution in [3.63, 3.8) is 0 Å². The number of hydrogen-bond donors (Lipinski definition) is 2. The van der Waals surface area contributed by atoms with Gasteiger partial charge in [0.05, 0.1) is 13.1 Å². The lowest BCUT2D eigenvalue weighted by atomic mass is 10.2. The first kappa shape index (κ1) is 21.8. The third-order valence-electron chi connectivity index (χ3n) is 4.48. The first-order valence-electron chi connectivity index (χ1n) is 10.0. The van der Waals surface area contributed by atoms with Crippen LogP contribution in [0.4, 0.5) is 16.2 Å². The number of hydrogen-bond acceptors (Lipinski definition) is 6. The van der Waals surface area contributed by atoms with Crippen molar-refractivity contribution in [2.24, 2.45) is 0 Å². The van der Waals surface area contributed by atoms with Crippen LogP contribution in [0.15, 0.2) is 78.9 Å². The van der Waals surface area contributed by atoms with Crippen LogP contribution in [0.1, 0.15) is 5.56 Å². The summed E-state index contributed by atoms with van der Waals surface area (Å²) in [5.41, 5.74) is 13.6. The van der Waals surface area contributed by atoms with Crippen molar-refractivity contribution in [1.82, 2.24) is 4.90 Å². The summed E-state index contributed by atoms with van der Waals surface area (Å²) in [6.45, 7) is 1.53. The average molecular weight is 421 g/mol. The molecule has 3 aromatic rings. The van der Waals surface area contributed by atoms with E-state index >= 15 is 0 Å². The van der Waals surface area contributed by atoms with Gasteiger partial charge in [-0.15, -0.1) is 0 Å². The minimum atomic E-state index is -0.425. The maximum absolute atomic E-state index is 12.7. The molecule has 0 saturated heterocycles. The number of rotatable bonds is 10. The van der Waals surface area contributed by atoms with Crippen LogP contribution in [-0.4, -0.2) is 37.3 Å². The number of benzene rings is 3. The Morgan fingerprint density at radius 2 is 1.19 bits per heavy atom. The van der Waals surface area contributed by atoms with Crippen LogP contribution >= 0.6 is 0 Å². The van der Waals surface area contributed by atoms with Crippen molar-refractivity contribution in [2.45, 2.75) is 6.61 Å². The number of anilines is 2. The van der Waals surface area contributed by atoms with Gasteiger partial charge in [-0.1, -0.05) is 30.3 Å². The van der Waals surface area contributed by atoms with Crippen molar-refractivity contribution in [3.05, 3.63) is 84.4 Å². The van der Waals surface area contributed by atoms with Gasteiger partial charge in [-0.25, -0.2) is 4.79 Å². The normalized spacial score (nSPS) is 10.3.